The zero-order chi connectivity index (χ0) is 9.84. The molecule has 1 amide bonds. The summed E-state index contributed by atoms with van der Waals surface area (Å²) in [6.45, 7) is 1.52. The minimum Gasteiger partial charge on any atom is -0.309 e. The third-order valence-electron chi connectivity index (χ3n) is 1.33. The summed E-state index contributed by atoms with van der Waals surface area (Å²) in [5.41, 5.74) is 0. The van der Waals surface area contributed by atoms with Crippen molar-refractivity contribution in [3.05, 3.63) is 24.1 Å². The molecular weight excluding hydrogens is 195 g/mol. The summed E-state index contributed by atoms with van der Waals surface area (Å²) in [6.07, 6.45) is 0. The van der Waals surface area contributed by atoms with E-state index in [-0.39, 0.29) is 5.82 Å². The average molecular weight is 203 g/mol. The topological polar surface area (TPSA) is 42.0 Å². The Hall–Kier alpha value is -1.16. The first-order chi connectivity index (χ1) is 6.09. The summed E-state index contributed by atoms with van der Waals surface area (Å²) in [5.74, 6) is -0.878. The van der Waals surface area contributed by atoms with E-state index in [0.29, 0.717) is 0 Å². The molecule has 0 aliphatic carbocycles. The molecule has 0 spiro atoms. The Morgan fingerprint density at radius 2 is 2.38 bits per heavy atom. The fraction of sp³-hybridized carbons (Fsp3) is 0.250. The number of pyridine rings is 1. The van der Waals surface area contributed by atoms with Gasteiger partial charge in [-0.25, -0.2) is 4.98 Å². The van der Waals surface area contributed by atoms with E-state index in [1.165, 1.54) is 25.1 Å². The van der Waals surface area contributed by atoms with Gasteiger partial charge in [0.2, 0.25) is 11.9 Å². The minimum absolute atomic E-state index is 0.164. The van der Waals surface area contributed by atoms with Crippen LogP contribution in [0, 0.1) is 5.95 Å². The van der Waals surface area contributed by atoms with Gasteiger partial charge < -0.3 is 5.32 Å². The van der Waals surface area contributed by atoms with Crippen LogP contribution in [-0.4, -0.2) is 16.3 Å². The third-order valence-corrected chi connectivity index (χ3v) is 1.53. The predicted octanol–water partition coefficient (Wildman–Crippen LogP) is 1.79. The van der Waals surface area contributed by atoms with E-state index < -0.39 is 17.2 Å². The molecule has 1 N–H and O–H groups in total. The molecule has 1 heterocycles. The number of anilines is 1. The summed E-state index contributed by atoms with van der Waals surface area (Å²) >= 11 is 5.48. The first kappa shape index (κ1) is 9.92. The highest BCUT2D eigenvalue weighted by Gasteiger charge is 2.09. The van der Waals surface area contributed by atoms with Gasteiger partial charge in [-0.3, -0.25) is 4.79 Å². The zero-order valence-electron chi connectivity index (χ0n) is 6.92. The second-order valence-electron chi connectivity index (χ2n) is 2.45. The van der Waals surface area contributed by atoms with E-state index in [2.05, 4.69) is 10.3 Å². The Labute approximate surface area is 79.9 Å². The molecule has 1 unspecified atom stereocenters. The van der Waals surface area contributed by atoms with Crippen molar-refractivity contribution in [2.24, 2.45) is 0 Å². The molecule has 0 aliphatic rings. The number of aromatic nitrogens is 1. The number of hydrogen-bond donors (Lipinski definition) is 1. The molecule has 1 aromatic rings. The number of amides is 1. The van der Waals surface area contributed by atoms with Crippen LogP contribution in [0.4, 0.5) is 10.2 Å². The maximum Gasteiger partial charge on any atom is 0.243 e. The first-order valence-corrected chi connectivity index (χ1v) is 4.11. The van der Waals surface area contributed by atoms with Crippen LogP contribution in [-0.2, 0) is 4.79 Å². The lowest BCUT2D eigenvalue weighted by molar-refractivity contribution is -0.115. The van der Waals surface area contributed by atoms with Gasteiger partial charge >= 0.3 is 0 Å². The molecule has 5 heteroatoms. The average Bonchev–Trinajstić information content (AvgIpc) is 2.04. The third kappa shape index (κ3) is 2.99. The fourth-order valence-corrected chi connectivity index (χ4v) is 0.758. The highest BCUT2D eigenvalue weighted by molar-refractivity contribution is 6.32. The van der Waals surface area contributed by atoms with Gasteiger partial charge in [0.25, 0.3) is 0 Å². The molecule has 0 aromatic carbocycles. The monoisotopic (exact) mass is 202 g/mol. The van der Waals surface area contributed by atoms with E-state index >= 15 is 0 Å². The van der Waals surface area contributed by atoms with Crippen molar-refractivity contribution < 1.29 is 9.18 Å². The number of rotatable bonds is 2. The van der Waals surface area contributed by atoms with Gasteiger partial charge in [-0.1, -0.05) is 6.07 Å². The van der Waals surface area contributed by atoms with Gasteiger partial charge in [0.15, 0.2) is 0 Å². The van der Waals surface area contributed by atoms with E-state index in [0.717, 1.165) is 0 Å². The van der Waals surface area contributed by atoms with Crippen molar-refractivity contribution >= 4 is 23.3 Å². The van der Waals surface area contributed by atoms with Crippen molar-refractivity contribution in [2.45, 2.75) is 12.3 Å². The highest BCUT2D eigenvalue weighted by Crippen LogP contribution is 2.05. The maximum absolute atomic E-state index is 12.5. The Balaban J connectivity index is 2.69. The molecule has 0 aliphatic heterocycles. The summed E-state index contributed by atoms with van der Waals surface area (Å²) in [5, 5.41) is 1.70. The lowest BCUT2D eigenvalue weighted by Crippen LogP contribution is -2.21. The van der Waals surface area contributed by atoms with Crippen LogP contribution in [0.15, 0.2) is 18.2 Å². The number of halogens is 2. The standard InChI is InChI=1S/C8H8ClFN2O/c1-5(9)8(13)12-7-4-2-3-6(10)11-7/h2-5H,1H3,(H,11,12,13). The molecule has 1 rings (SSSR count). The van der Waals surface area contributed by atoms with Gasteiger partial charge in [0.05, 0.1) is 0 Å². The van der Waals surface area contributed by atoms with Gasteiger partial charge in [0, 0.05) is 0 Å². The van der Waals surface area contributed by atoms with E-state index in [1.807, 2.05) is 0 Å². The molecular formula is C8H8ClFN2O. The lowest BCUT2D eigenvalue weighted by Gasteiger charge is -2.04. The molecule has 3 nitrogen and oxygen atoms in total. The summed E-state index contributed by atoms with van der Waals surface area (Å²) < 4.78 is 12.5. The van der Waals surface area contributed by atoms with Crippen LogP contribution in [0.1, 0.15) is 6.92 Å². The van der Waals surface area contributed by atoms with E-state index in [4.69, 9.17) is 11.6 Å². The summed E-state index contributed by atoms with van der Waals surface area (Å²) in [7, 11) is 0. The quantitative estimate of drug-likeness (QED) is 0.587. The van der Waals surface area contributed by atoms with Crippen molar-refractivity contribution in [3.8, 4) is 0 Å². The maximum atomic E-state index is 12.5. The highest BCUT2D eigenvalue weighted by atomic mass is 35.5. The molecule has 70 valence electrons. The minimum atomic E-state index is -0.662. The van der Waals surface area contributed by atoms with Crippen LogP contribution < -0.4 is 5.32 Å². The van der Waals surface area contributed by atoms with Crippen LogP contribution in [0.3, 0.4) is 0 Å². The van der Waals surface area contributed by atoms with Crippen molar-refractivity contribution in [2.75, 3.05) is 5.32 Å². The molecule has 0 radical (unpaired) electrons. The Morgan fingerprint density at radius 3 is 2.92 bits per heavy atom. The van der Waals surface area contributed by atoms with Crippen molar-refractivity contribution in [1.82, 2.24) is 4.98 Å². The molecule has 13 heavy (non-hydrogen) atoms. The number of carbonyl (C=O) groups excluding carboxylic acids is 1. The number of nitrogens with zero attached hydrogens (tertiary/aromatic N) is 1. The smallest absolute Gasteiger partial charge is 0.243 e. The first-order valence-electron chi connectivity index (χ1n) is 3.67. The van der Waals surface area contributed by atoms with Crippen LogP contribution >= 0.6 is 11.6 Å². The molecule has 0 bridgehead atoms. The largest absolute Gasteiger partial charge is 0.309 e. The van der Waals surface area contributed by atoms with Gasteiger partial charge in [-0.2, -0.15) is 4.39 Å². The number of hydrogen-bond acceptors (Lipinski definition) is 2. The Morgan fingerprint density at radius 1 is 1.69 bits per heavy atom. The SMILES string of the molecule is CC(Cl)C(=O)Nc1cccc(F)n1. The number of carbonyl (C=O) groups is 1. The summed E-state index contributed by atoms with van der Waals surface area (Å²) in [4.78, 5) is 14.5. The number of alkyl halides is 1. The van der Waals surface area contributed by atoms with Crippen LogP contribution in [0.25, 0.3) is 0 Å². The number of nitrogens with one attached hydrogen (secondary N) is 1. The van der Waals surface area contributed by atoms with E-state index in [9.17, 15) is 9.18 Å². The Bertz CT molecular complexity index is 317. The van der Waals surface area contributed by atoms with E-state index in [1.54, 1.807) is 0 Å². The molecule has 0 saturated carbocycles. The van der Waals surface area contributed by atoms with Crippen molar-refractivity contribution in [3.63, 3.8) is 0 Å². The van der Waals surface area contributed by atoms with Crippen molar-refractivity contribution in [1.29, 1.82) is 0 Å². The fourth-order valence-electron chi connectivity index (χ4n) is 0.704. The second kappa shape index (κ2) is 4.18. The predicted molar refractivity (Wildman–Crippen MR) is 48.1 cm³/mol. The molecule has 0 fully saturated rings. The summed E-state index contributed by atoms with van der Waals surface area (Å²) in [6, 6.07) is 4.14. The molecule has 1 aromatic heterocycles. The van der Waals surface area contributed by atoms with Gasteiger partial charge in [-0.05, 0) is 19.1 Å². The van der Waals surface area contributed by atoms with Gasteiger partial charge in [-0.15, -0.1) is 11.6 Å². The molecule has 1 atom stereocenters. The second-order valence-corrected chi connectivity index (χ2v) is 3.11. The van der Waals surface area contributed by atoms with Gasteiger partial charge in [0.1, 0.15) is 11.2 Å². The van der Waals surface area contributed by atoms with Crippen LogP contribution in [0.2, 0.25) is 0 Å². The normalized spacial score (nSPS) is 12.2. The lowest BCUT2D eigenvalue weighted by atomic mass is 10.4. The molecule has 0 saturated heterocycles. The zero-order valence-corrected chi connectivity index (χ0v) is 7.68. The van der Waals surface area contributed by atoms with Crippen LogP contribution in [0.5, 0.6) is 0 Å². The Kier molecular flexibility index (Phi) is 3.19.